The van der Waals surface area contributed by atoms with Crippen LogP contribution in [0.2, 0.25) is 0 Å². The van der Waals surface area contributed by atoms with Gasteiger partial charge in [0.1, 0.15) is 0 Å². The number of allylic oxidation sites excluding steroid dienone is 3. The zero-order valence-electron chi connectivity index (χ0n) is 9.57. The molecule has 15 heavy (non-hydrogen) atoms. The molecule has 0 unspecified atom stereocenters. The molecule has 1 amide bonds. The number of amides is 1. The van der Waals surface area contributed by atoms with Crippen molar-refractivity contribution < 1.29 is 4.79 Å². The van der Waals surface area contributed by atoms with Crippen LogP contribution in [0.5, 0.6) is 0 Å². The standard InChI is InChI=1S/C12H20N2O/c1-3-4-5-6-12(15)14-8-7-11(10-14)9-13-2/h3-6,11,13H,7-10H2,1-2H3/b4-3+,6-5-/t11-/m0/s1. The molecule has 0 aromatic carbocycles. The molecule has 3 nitrogen and oxygen atoms in total. The number of nitrogens with one attached hydrogen (secondary N) is 1. The highest BCUT2D eigenvalue weighted by molar-refractivity contribution is 5.88. The molecule has 0 radical (unpaired) electrons. The minimum absolute atomic E-state index is 0.131. The van der Waals surface area contributed by atoms with Crippen LogP contribution in [0, 0.1) is 5.92 Å². The third-order valence-electron chi connectivity index (χ3n) is 2.63. The molecule has 1 fully saturated rings. The van der Waals surface area contributed by atoms with Crippen molar-refractivity contribution in [2.45, 2.75) is 13.3 Å². The van der Waals surface area contributed by atoms with Gasteiger partial charge in [0.05, 0.1) is 0 Å². The minimum atomic E-state index is 0.131. The van der Waals surface area contributed by atoms with Gasteiger partial charge in [-0.3, -0.25) is 4.79 Å². The van der Waals surface area contributed by atoms with Gasteiger partial charge in [0.25, 0.3) is 0 Å². The summed E-state index contributed by atoms with van der Waals surface area (Å²) in [6, 6.07) is 0. The predicted octanol–water partition coefficient (Wildman–Crippen LogP) is 1.19. The van der Waals surface area contributed by atoms with Crippen LogP contribution in [0.3, 0.4) is 0 Å². The van der Waals surface area contributed by atoms with Gasteiger partial charge in [0.2, 0.25) is 5.91 Å². The third kappa shape index (κ3) is 3.88. The van der Waals surface area contributed by atoms with Crippen LogP contribution in [-0.4, -0.2) is 37.5 Å². The SMILES string of the molecule is C/C=C/C=C\C(=O)N1CC[C@@H](CNC)C1. The summed E-state index contributed by atoms with van der Waals surface area (Å²) in [4.78, 5) is 13.6. The van der Waals surface area contributed by atoms with Crippen molar-refractivity contribution in [2.75, 3.05) is 26.7 Å². The molecular weight excluding hydrogens is 188 g/mol. The summed E-state index contributed by atoms with van der Waals surface area (Å²) < 4.78 is 0. The molecule has 0 saturated carbocycles. The summed E-state index contributed by atoms with van der Waals surface area (Å²) in [6.07, 6.45) is 8.34. The maximum Gasteiger partial charge on any atom is 0.246 e. The number of rotatable bonds is 4. The Kier molecular flexibility index (Phi) is 5.12. The molecular formula is C12H20N2O. The Morgan fingerprint density at radius 1 is 1.53 bits per heavy atom. The Balaban J connectivity index is 2.36. The average molecular weight is 208 g/mol. The molecule has 3 heteroatoms. The van der Waals surface area contributed by atoms with E-state index in [1.807, 2.05) is 31.0 Å². The summed E-state index contributed by atoms with van der Waals surface area (Å²) in [5.74, 6) is 0.751. The van der Waals surface area contributed by atoms with E-state index in [2.05, 4.69) is 5.32 Å². The number of nitrogens with zero attached hydrogens (tertiary/aromatic N) is 1. The molecule has 0 spiro atoms. The summed E-state index contributed by atoms with van der Waals surface area (Å²) in [5, 5.41) is 3.15. The molecule has 1 N–H and O–H groups in total. The van der Waals surface area contributed by atoms with Crippen molar-refractivity contribution in [3.63, 3.8) is 0 Å². The first-order chi connectivity index (χ1) is 7.27. The number of carbonyl (C=O) groups excluding carboxylic acids is 1. The van der Waals surface area contributed by atoms with E-state index in [0.717, 1.165) is 26.1 Å². The smallest absolute Gasteiger partial charge is 0.246 e. The molecule has 0 aromatic heterocycles. The maximum atomic E-state index is 11.7. The molecule has 1 atom stereocenters. The minimum Gasteiger partial charge on any atom is -0.339 e. The Hall–Kier alpha value is -1.09. The van der Waals surface area contributed by atoms with E-state index >= 15 is 0 Å². The largest absolute Gasteiger partial charge is 0.339 e. The van der Waals surface area contributed by atoms with E-state index in [1.54, 1.807) is 12.2 Å². The third-order valence-corrected chi connectivity index (χ3v) is 2.63. The van der Waals surface area contributed by atoms with Crippen molar-refractivity contribution in [1.82, 2.24) is 10.2 Å². The van der Waals surface area contributed by atoms with E-state index in [9.17, 15) is 4.79 Å². The second-order valence-electron chi connectivity index (χ2n) is 3.88. The lowest BCUT2D eigenvalue weighted by Gasteiger charge is -2.13. The highest BCUT2D eigenvalue weighted by Gasteiger charge is 2.23. The van der Waals surface area contributed by atoms with Crippen LogP contribution < -0.4 is 5.32 Å². The van der Waals surface area contributed by atoms with Gasteiger partial charge in [-0.2, -0.15) is 0 Å². The second kappa shape index (κ2) is 6.40. The first-order valence-electron chi connectivity index (χ1n) is 5.50. The van der Waals surface area contributed by atoms with Crippen LogP contribution in [0.4, 0.5) is 0 Å². The van der Waals surface area contributed by atoms with E-state index in [-0.39, 0.29) is 5.91 Å². The fourth-order valence-electron chi connectivity index (χ4n) is 1.84. The Morgan fingerprint density at radius 2 is 2.33 bits per heavy atom. The lowest BCUT2D eigenvalue weighted by Crippen LogP contribution is -2.28. The van der Waals surface area contributed by atoms with E-state index in [1.165, 1.54) is 0 Å². The normalized spacial score (nSPS) is 22.0. The zero-order chi connectivity index (χ0) is 11.1. The number of carbonyl (C=O) groups is 1. The van der Waals surface area contributed by atoms with Crippen molar-refractivity contribution in [1.29, 1.82) is 0 Å². The number of hydrogen-bond acceptors (Lipinski definition) is 2. The lowest BCUT2D eigenvalue weighted by molar-refractivity contribution is -0.125. The van der Waals surface area contributed by atoms with Crippen LogP contribution in [0.25, 0.3) is 0 Å². The van der Waals surface area contributed by atoms with Crippen LogP contribution >= 0.6 is 0 Å². The molecule has 0 aliphatic carbocycles. The van der Waals surface area contributed by atoms with Crippen LogP contribution in [0.15, 0.2) is 24.3 Å². The molecule has 1 aliphatic heterocycles. The van der Waals surface area contributed by atoms with Crippen molar-refractivity contribution in [3.8, 4) is 0 Å². The van der Waals surface area contributed by atoms with Gasteiger partial charge >= 0.3 is 0 Å². The summed E-state index contributed by atoms with van der Waals surface area (Å²) >= 11 is 0. The van der Waals surface area contributed by atoms with Gasteiger partial charge in [-0.25, -0.2) is 0 Å². The molecule has 1 rings (SSSR count). The van der Waals surface area contributed by atoms with Crippen LogP contribution in [-0.2, 0) is 4.79 Å². The number of likely N-dealkylation sites (tertiary alicyclic amines) is 1. The molecule has 1 saturated heterocycles. The average Bonchev–Trinajstić information content (AvgIpc) is 2.67. The van der Waals surface area contributed by atoms with Gasteiger partial charge in [-0.1, -0.05) is 18.2 Å². The molecule has 0 bridgehead atoms. The summed E-state index contributed by atoms with van der Waals surface area (Å²) in [6.45, 7) is 4.72. The van der Waals surface area contributed by atoms with Gasteiger partial charge < -0.3 is 10.2 Å². The molecule has 1 heterocycles. The summed E-state index contributed by atoms with van der Waals surface area (Å²) in [7, 11) is 1.95. The Morgan fingerprint density at radius 3 is 3.00 bits per heavy atom. The van der Waals surface area contributed by atoms with Crippen molar-refractivity contribution >= 4 is 5.91 Å². The first kappa shape index (κ1) is 12.0. The number of hydrogen-bond donors (Lipinski definition) is 1. The highest BCUT2D eigenvalue weighted by Crippen LogP contribution is 2.15. The van der Waals surface area contributed by atoms with Crippen LogP contribution in [0.1, 0.15) is 13.3 Å². The zero-order valence-corrected chi connectivity index (χ0v) is 9.57. The molecule has 84 valence electrons. The Bertz CT molecular complexity index is 258. The summed E-state index contributed by atoms with van der Waals surface area (Å²) in [5.41, 5.74) is 0. The Labute approximate surface area is 91.8 Å². The fourth-order valence-corrected chi connectivity index (χ4v) is 1.84. The van der Waals surface area contributed by atoms with Crippen molar-refractivity contribution in [2.24, 2.45) is 5.92 Å². The van der Waals surface area contributed by atoms with Gasteiger partial charge in [-0.15, -0.1) is 0 Å². The maximum absolute atomic E-state index is 11.7. The fraction of sp³-hybridized carbons (Fsp3) is 0.583. The lowest BCUT2D eigenvalue weighted by atomic mass is 10.1. The van der Waals surface area contributed by atoms with Gasteiger partial charge in [0, 0.05) is 19.2 Å². The molecule has 0 aromatic rings. The van der Waals surface area contributed by atoms with E-state index < -0.39 is 0 Å². The monoisotopic (exact) mass is 208 g/mol. The van der Waals surface area contributed by atoms with E-state index in [0.29, 0.717) is 5.92 Å². The quantitative estimate of drug-likeness (QED) is 0.556. The first-order valence-corrected chi connectivity index (χ1v) is 5.50. The molecule has 1 aliphatic rings. The second-order valence-corrected chi connectivity index (χ2v) is 3.88. The predicted molar refractivity (Wildman–Crippen MR) is 62.6 cm³/mol. The highest BCUT2D eigenvalue weighted by atomic mass is 16.2. The topological polar surface area (TPSA) is 32.3 Å². The van der Waals surface area contributed by atoms with Gasteiger partial charge in [-0.05, 0) is 32.9 Å². The van der Waals surface area contributed by atoms with E-state index in [4.69, 9.17) is 0 Å². The van der Waals surface area contributed by atoms with Gasteiger partial charge in [0.15, 0.2) is 0 Å². The van der Waals surface area contributed by atoms with Crippen molar-refractivity contribution in [3.05, 3.63) is 24.3 Å².